The van der Waals surface area contributed by atoms with Crippen LogP contribution in [0.1, 0.15) is 41.4 Å². The van der Waals surface area contributed by atoms with Gasteiger partial charge in [0.1, 0.15) is 0 Å². The van der Waals surface area contributed by atoms with E-state index in [9.17, 15) is 19.2 Å². The molecule has 0 saturated heterocycles. The molecule has 0 unspecified atom stereocenters. The lowest BCUT2D eigenvalue weighted by molar-refractivity contribution is 0.0863. The fourth-order valence-electron chi connectivity index (χ4n) is 3.75. The average molecular weight is 368 g/mol. The van der Waals surface area contributed by atoms with Crippen LogP contribution in [0.5, 0.6) is 0 Å². The predicted octanol–water partition coefficient (Wildman–Crippen LogP) is 2.79. The van der Waals surface area contributed by atoms with Gasteiger partial charge in [0.2, 0.25) is 0 Å². The lowest BCUT2D eigenvalue weighted by Crippen LogP contribution is -2.20. The molecule has 134 valence electrons. The standard InChI is InChI=1S/C22H12N2O4/c25-19-15-5-1-3-13(17(15)21(27)23-19)11-7-9-12(10-8-11)14-4-2-6-16-18(14)22(28)24-20(16)26/h1-10H,(H,23,25,27)(H,24,26,28). The molecule has 0 radical (unpaired) electrons. The minimum Gasteiger partial charge on any atom is -0.288 e. The van der Waals surface area contributed by atoms with Gasteiger partial charge in [-0.2, -0.15) is 0 Å². The van der Waals surface area contributed by atoms with Crippen molar-refractivity contribution in [1.82, 2.24) is 10.6 Å². The summed E-state index contributed by atoms with van der Waals surface area (Å²) in [5.41, 5.74) is 4.34. The lowest BCUT2D eigenvalue weighted by atomic mass is 9.93. The normalized spacial score (nSPS) is 14.6. The van der Waals surface area contributed by atoms with Crippen molar-refractivity contribution in [2.24, 2.45) is 0 Å². The molecule has 0 bridgehead atoms. The van der Waals surface area contributed by atoms with Gasteiger partial charge in [-0.1, -0.05) is 48.5 Å². The van der Waals surface area contributed by atoms with Crippen LogP contribution in [0.3, 0.4) is 0 Å². The number of imide groups is 2. The number of rotatable bonds is 2. The van der Waals surface area contributed by atoms with Crippen molar-refractivity contribution in [3.63, 3.8) is 0 Å². The summed E-state index contributed by atoms with van der Waals surface area (Å²) in [7, 11) is 0. The Morgan fingerprint density at radius 1 is 0.429 bits per heavy atom. The van der Waals surface area contributed by atoms with Crippen LogP contribution in [0.2, 0.25) is 0 Å². The highest BCUT2D eigenvalue weighted by Gasteiger charge is 2.31. The number of carbonyl (C=O) groups excluding carboxylic acids is 4. The highest BCUT2D eigenvalue weighted by Crippen LogP contribution is 2.33. The van der Waals surface area contributed by atoms with E-state index < -0.39 is 23.6 Å². The van der Waals surface area contributed by atoms with E-state index in [1.165, 1.54) is 0 Å². The van der Waals surface area contributed by atoms with E-state index in [0.717, 1.165) is 11.1 Å². The molecule has 3 aromatic carbocycles. The van der Waals surface area contributed by atoms with E-state index in [1.807, 2.05) is 24.3 Å². The Hall–Kier alpha value is -4.06. The van der Waals surface area contributed by atoms with Gasteiger partial charge in [0.25, 0.3) is 23.6 Å². The zero-order valence-electron chi connectivity index (χ0n) is 14.4. The van der Waals surface area contributed by atoms with Crippen LogP contribution >= 0.6 is 0 Å². The number of nitrogens with one attached hydrogen (secondary N) is 2. The molecular weight excluding hydrogens is 356 g/mol. The average Bonchev–Trinajstić information content (AvgIpc) is 3.17. The highest BCUT2D eigenvalue weighted by molar-refractivity contribution is 6.25. The predicted molar refractivity (Wildman–Crippen MR) is 101 cm³/mol. The first-order valence-corrected chi connectivity index (χ1v) is 8.63. The number of carbonyl (C=O) groups is 4. The van der Waals surface area contributed by atoms with E-state index in [4.69, 9.17) is 0 Å². The Morgan fingerprint density at radius 3 is 1.18 bits per heavy atom. The first-order chi connectivity index (χ1) is 13.5. The minimum absolute atomic E-state index is 0.364. The molecule has 0 aromatic heterocycles. The Labute approximate surface area is 159 Å². The second-order valence-electron chi connectivity index (χ2n) is 6.60. The second-order valence-corrected chi connectivity index (χ2v) is 6.60. The molecule has 3 aromatic rings. The van der Waals surface area contributed by atoms with Crippen molar-refractivity contribution < 1.29 is 19.2 Å². The smallest absolute Gasteiger partial charge is 0.259 e. The summed E-state index contributed by atoms with van der Waals surface area (Å²) in [6.45, 7) is 0. The first-order valence-electron chi connectivity index (χ1n) is 8.63. The van der Waals surface area contributed by atoms with Gasteiger partial charge in [0, 0.05) is 0 Å². The quantitative estimate of drug-likeness (QED) is 0.681. The molecule has 0 fully saturated rings. The van der Waals surface area contributed by atoms with E-state index in [-0.39, 0.29) is 0 Å². The van der Waals surface area contributed by atoms with E-state index in [2.05, 4.69) is 10.6 Å². The SMILES string of the molecule is O=C1NC(=O)c2c1cccc2-c1ccc(-c2cccc3c2C(=O)NC3=O)cc1. The van der Waals surface area contributed by atoms with Crippen LogP contribution in [-0.2, 0) is 0 Å². The molecule has 4 amide bonds. The van der Waals surface area contributed by atoms with Crippen LogP contribution in [0.15, 0.2) is 60.7 Å². The van der Waals surface area contributed by atoms with Crippen LogP contribution in [-0.4, -0.2) is 23.6 Å². The van der Waals surface area contributed by atoms with Crippen LogP contribution in [0.4, 0.5) is 0 Å². The number of hydrogen-bond acceptors (Lipinski definition) is 4. The van der Waals surface area contributed by atoms with Crippen LogP contribution in [0.25, 0.3) is 22.3 Å². The maximum Gasteiger partial charge on any atom is 0.259 e. The molecule has 0 spiro atoms. The lowest BCUT2D eigenvalue weighted by Gasteiger charge is -2.09. The molecule has 6 heteroatoms. The Balaban J connectivity index is 1.60. The van der Waals surface area contributed by atoms with Crippen molar-refractivity contribution in [3.8, 4) is 22.3 Å². The Kier molecular flexibility index (Phi) is 3.30. The topological polar surface area (TPSA) is 92.3 Å². The van der Waals surface area contributed by atoms with Crippen LogP contribution < -0.4 is 10.6 Å². The van der Waals surface area contributed by atoms with E-state index in [0.29, 0.717) is 33.4 Å². The van der Waals surface area contributed by atoms with Gasteiger partial charge in [0.05, 0.1) is 22.3 Å². The summed E-state index contributed by atoms with van der Waals surface area (Å²) in [4.78, 5) is 48.0. The van der Waals surface area contributed by atoms with Crippen molar-refractivity contribution in [2.75, 3.05) is 0 Å². The molecule has 28 heavy (non-hydrogen) atoms. The molecule has 2 aliphatic heterocycles. The van der Waals surface area contributed by atoms with E-state index >= 15 is 0 Å². The number of fused-ring (bicyclic) bond motifs is 2. The second kappa shape index (κ2) is 5.72. The fourth-order valence-corrected chi connectivity index (χ4v) is 3.75. The van der Waals surface area contributed by atoms with Gasteiger partial charge in [0.15, 0.2) is 0 Å². The van der Waals surface area contributed by atoms with Crippen molar-refractivity contribution in [3.05, 3.63) is 82.9 Å². The summed E-state index contributed by atoms with van der Waals surface area (Å²) in [6.07, 6.45) is 0. The third-order valence-electron chi connectivity index (χ3n) is 5.03. The van der Waals surface area contributed by atoms with Gasteiger partial charge < -0.3 is 0 Å². The number of benzene rings is 3. The van der Waals surface area contributed by atoms with Gasteiger partial charge >= 0.3 is 0 Å². The number of hydrogen-bond donors (Lipinski definition) is 2. The molecule has 0 atom stereocenters. The van der Waals surface area contributed by atoms with Gasteiger partial charge in [-0.25, -0.2) is 0 Å². The molecule has 6 nitrogen and oxygen atoms in total. The van der Waals surface area contributed by atoms with Crippen molar-refractivity contribution in [1.29, 1.82) is 0 Å². The summed E-state index contributed by atoms with van der Waals surface area (Å²) >= 11 is 0. The number of amides is 4. The summed E-state index contributed by atoms with van der Waals surface area (Å²) < 4.78 is 0. The van der Waals surface area contributed by atoms with Crippen molar-refractivity contribution >= 4 is 23.6 Å². The van der Waals surface area contributed by atoms with Gasteiger partial charge in [-0.15, -0.1) is 0 Å². The van der Waals surface area contributed by atoms with E-state index in [1.54, 1.807) is 36.4 Å². The fraction of sp³-hybridized carbons (Fsp3) is 0. The summed E-state index contributed by atoms with van der Waals surface area (Å²) in [6, 6.07) is 17.6. The minimum atomic E-state index is -0.407. The maximum atomic E-state index is 12.1. The zero-order chi connectivity index (χ0) is 19.4. The monoisotopic (exact) mass is 368 g/mol. The van der Waals surface area contributed by atoms with Crippen molar-refractivity contribution in [2.45, 2.75) is 0 Å². The van der Waals surface area contributed by atoms with Crippen LogP contribution in [0, 0.1) is 0 Å². The summed E-state index contributed by atoms with van der Waals surface area (Å²) in [5, 5.41) is 4.63. The summed E-state index contributed by atoms with van der Waals surface area (Å²) in [5.74, 6) is -1.60. The third-order valence-corrected chi connectivity index (χ3v) is 5.03. The van der Waals surface area contributed by atoms with Gasteiger partial charge in [-0.05, 0) is 34.4 Å². The maximum absolute atomic E-state index is 12.1. The molecule has 5 rings (SSSR count). The Morgan fingerprint density at radius 2 is 0.786 bits per heavy atom. The molecule has 2 aliphatic rings. The van der Waals surface area contributed by atoms with Gasteiger partial charge in [-0.3, -0.25) is 29.8 Å². The molecule has 2 N–H and O–H groups in total. The highest BCUT2D eigenvalue weighted by atomic mass is 16.2. The molecule has 2 heterocycles. The first kappa shape index (κ1) is 16.1. The zero-order valence-corrected chi connectivity index (χ0v) is 14.4. The molecule has 0 saturated carbocycles. The largest absolute Gasteiger partial charge is 0.288 e. The molecular formula is C22H12N2O4. The Bertz CT molecular complexity index is 1130. The molecule has 0 aliphatic carbocycles. The third kappa shape index (κ3) is 2.21.